The fourth-order valence-electron chi connectivity index (χ4n) is 1.99. The average Bonchev–Trinajstić information content (AvgIpc) is 2.61. The smallest absolute Gasteiger partial charge is 0.154 e. The van der Waals surface area contributed by atoms with Gasteiger partial charge in [0.2, 0.25) is 0 Å². The molecule has 1 heterocycles. The maximum Gasteiger partial charge on any atom is 0.154 e. The Morgan fingerprint density at radius 3 is 2.69 bits per heavy atom. The van der Waals surface area contributed by atoms with E-state index in [1.165, 1.54) is 6.26 Å². The lowest BCUT2D eigenvalue weighted by molar-refractivity contribution is 0.599. The van der Waals surface area contributed by atoms with Crippen molar-refractivity contribution in [1.82, 2.24) is 9.97 Å². The molecule has 1 aromatic rings. The highest BCUT2D eigenvalue weighted by Gasteiger charge is 2.19. The molecule has 1 aromatic heterocycles. The van der Waals surface area contributed by atoms with Crippen molar-refractivity contribution in [2.24, 2.45) is 0 Å². The molecule has 88 valence electrons. The highest BCUT2D eigenvalue weighted by Crippen LogP contribution is 2.26. The van der Waals surface area contributed by atoms with Crippen molar-refractivity contribution in [1.29, 1.82) is 0 Å². The molecule has 6 heteroatoms. The van der Waals surface area contributed by atoms with E-state index in [-0.39, 0.29) is 5.75 Å². The van der Waals surface area contributed by atoms with Crippen molar-refractivity contribution >= 4 is 15.7 Å². The van der Waals surface area contributed by atoms with Crippen LogP contribution in [0.25, 0.3) is 0 Å². The van der Waals surface area contributed by atoms with Gasteiger partial charge in [-0.3, -0.25) is 0 Å². The van der Waals surface area contributed by atoms with Gasteiger partial charge in [0.05, 0.1) is 0 Å². The highest BCUT2D eigenvalue weighted by atomic mass is 32.2. The maximum atomic E-state index is 11.2. The summed E-state index contributed by atoms with van der Waals surface area (Å²) < 4.78 is 22.4. The number of nitrogens with one attached hydrogen (secondary N) is 1. The Hall–Kier alpha value is -1.17. The van der Waals surface area contributed by atoms with Crippen LogP contribution in [0.4, 0.5) is 5.82 Å². The van der Waals surface area contributed by atoms with E-state index in [1.807, 2.05) is 0 Å². The Morgan fingerprint density at radius 1 is 1.31 bits per heavy atom. The fourth-order valence-corrected chi connectivity index (χ4v) is 2.59. The van der Waals surface area contributed by atoms with Crippen molar-refractivity contribution in [3.63, 3.8) is 0 Å². The molecule has 0 fully saturated rings. The second-order valence-corrected chi connectivity index (χ2v) is 6.23. The number of sulfone groups is 1. The topological polar surface area (TPSA) is 72.0 Å². The van der Waals surface area contributed by atoms with Gasteiger partial charge in [-0.05, 0) is 19.3 Å². The van der Waals surface area contributed by atoms with Crippen LogP contribution in [0.2, 0.25) is 0 Å². The van der Waals surface area contributed by atoms with Gasteiger partial charge in [-0.15, -0.1) is 0 Å². The minimum absolute atomic E-state index is 0.0883. The fraction of sp³-hybridized carbons (Fsp3) is 0.600. The van der Waals surface area contributed by atoms with Gasteiger partial charge < -0.3 is 5.32 Å². The summed E-state index contributed by atoms with van der Waals surface area (Å²) in [5.74, 6) is 1.09. The second kappa shape index (κ2) is 4.01. The Labute approximate surface area is 95.2 Å². The zero-order valence-corrected chi connectivity index (χ0v) is 10.3. The molecule has 1 aliphatic rings. The Morgan fingerprint density at radius 2 is 2.06 bits per heavy atom. The lowest BCUT2D eigenvalue weighted by Crippen LogP contribution is -2.10. The van der Waals surface area contributed by atoms with E-state index in [0.29, 0.717) is 5.82 Å². The summed E-state index contributed by atoms with van der Waals surface area (Å²) in [7, 11) is -1.28. The van der Waals surface area contributed by atoms with E-state index in [2.05, 4.69) is 15.3 Å². The maximum absolute atomic E-state index is 11.2. The highest BCUT2D eigenvalue weighted by molar-refractivity contribution is 7.89. The van der Waals surface area contributed by atoms with Gasteiger partial charge in [0, 0.05) is 24.6 Å². The number of nitrogens with zero attached hydrogens (tertiary/aromatic N) is 2. The van der Waals surface area contributed by atoms with Crippen molar-refractivity contribution < 1.29 is 8.42 Å². The molecule has 0 bridgehead atoms. The first kappa shape index (κ1) is 11.3. The first-order valence-corrected chi connectivity index (χ1v) is 7.30. The van der Waals surface area contributed by atoms with Gasteiger partial charge in [-0.25, -0.2) is 18.4 Å². The Kier molecular flexibility index (Phi) is 2.84. The van der Waals surface area contributed by atoms with E-state index in [1.54, 1.807) is 7.05 Å². The molecular weight excluding hydrogens is 226 g/mol. The van der Waals surface area contributed by atoms with E-state index >= 15 is 0 Å². The third-order valence-corrected chi connectivity index (χ3v) is 3.39. The first-order valence-electron chi connectivity index (χ1n) is 5.24. The van der Waals surface area contributed by atoms with Gasteiger partial charge in [-0.1, -0.05) is 0 Å². The molecule has 5 nitrogen and oxygen atoms in total. The predicted molar refractivity (Wildman–Crippen MR) is 62.2 cm³/mol. The van der Waals surface area contributed by atoms with Crippen LogP contribution in [0.5, 0.6) is 0 Å². The first-order chi connectivity index (χ1) is 7.49. The van der Waals surface area contributed by atoms with Crippen molar-refractivity contribution in [2.75, 3.05) is 18.6 Å². The number of hydrogen-bond acceptors (Lipinski definition) is 5. The molecule has 0 saturated heterocycles. The molecule has 0 amide bonds. The number of aryl methyl sites for hydroxylation is 1. The van der Waals surface area contributed by atoms with Crippen molar-refractivity contribution in [3.05, 3.63) is 17.1 Å². The van der Waals surface area contributed by atoms with E-state index in [4.69, 9.17) is 0 Å². The third kappa shape index (κ3) is 2.32. The second-order valence-electron chi connectivity index (χ2n) is 4.09. The standard InChI is InChI=1S/C10H15N3O2S/c1-11-10-7-4-3-5-8(7)12-9(13-10)6-16(2,14)15/h3-6H2,1-2H3,(H,11,12,13). The molecule has 0 unspecified atom stereocenters. The molecule has 0 spiro atoms. The molecule has 0 aromatic carbocycles. The third-order valence-electron chi connectivity index (χ3n) is 2.61. The number of aromatic nitrogens is 2. The summed E-state index contributed by atoms with van der Waals surface area (Å²) >= 11 is 0. The van der Waals surface area contributed by atoms with Crippen LogP contribution in [0.15, 0.2) is 0 Å². The van der Waals surface area contributed by atoms with Gasteiger partial charge in [0.25, 0.3) is 0 Å². The van der Waals surface area contributed by atoms with E-state index < -0.39 is 9.84 Å². The van der Waals surface area contributed by atoms with Crippen LogP contribution >= 0.6 is 0 Å². The molecule has 1 aliphatic carbocycles. The van der Waals surface area contributed by atoms with E-state index in [9.17, 15) is 8.42 Å². The molecule has 1 N–H and O–H groups in total. The van der Waals surface area contributed by atoms with Crippen LogP contribution < -0.4 is 5.32 Å². The Bertz CT molecular complexity index is 511. The van der Waals surface area contributed by atoms with Gasteiger partial charge in [-0.2, -0.15) is 0 Å². The van der Waals surface area contributed by atoms with Crippen molar-refractivity contribution in [2.45, 2.75) is 25.0 Å². The minimum Gasteiger partial charge on any atom is -0.373 e. The molecule has 0 saturated carbocycles. The quantitative estimate of drug-likeness (QED) is 0.836. The summed E-state index contributed by atoms with van der Waals surface area (Å²) in [5, 5.41) is 3.01. The average molecular weight is 241 g/mol. The summed E-state index contributed by atoms with van der Waals surface area (Å²) in [4.78, 5) is 8.56. The largest absolute Gasteiger partial charge is 0.373 e. The predicted octanol–water partition coefficient (Wildman–Crippen LogP) is 0.552. The SMILES string of the molecule is CNc1nc(CS(C)(=O)=O)nc2c1CCC2. The zero-order valence-electron chi connectivity index (χ0n) is 9.45. The molecule has 0 aliphatic heterocycles. The van der Waals surface area contributed by atoms with Crippen LogP contribution in [0, 0.1) is 0 Å². The van der Waals surface area contributed by atoms with Crippen LogP contribution in [-0.4, -0.2) is 31.7 Å². The molecule has 0 atom stereocenters. The summed E-state index contributed by atoms with van der Waals surface area (Å²) in [6.07, 6.45) is 4.16. The van der Waals surface area contributed by atoms with Crippen molar-refractivity contribution in [3.8, 4) is 0 Å². The zero-order chi connectivity index (χ0) is 11.8. The molecule has 2 rings (SSSR count). The van der Waals surface area contributed by atoms with Crippen LogP contribution in [0.1, 0.15) is 23.5 Å². The lowest BCUT2D eigenvalue weighted by Gasteiger charge is -2.08. The molecule has 0 radical (unpaired) electrons. The number of anilines is 1. The Balaban J connectivity index is 2.42. The van der Waals surface area contributed by atoms with E-state index in [0.717, 1.165) is 36.3 Å². The number of rotatable bonds is 3. The summed E-state index contributed by atoms with van der Waals surface area (Å²) in [6.45, 7) is 0. The van der Waals surface area contributed by atoms with Gasteiger partial charge >= 0.3 is 0 Å². The number of hydrogen-bond donors (Lipinski definition) is 1. The lowest BCUT2D eigenvalue weighted by atomic mass is 10.2. The molecule has 16 heavy (non-hydrogen) atoms. The normalized spacial score (nSPS) is 14.9. The molecular formula is C10H15N3O2S. The monoisotopic (exact) mass is 241 g/mol. The van der Waals surface area contributed by atoms with Crippen LogP contribution in [-0.2, 0) is 28.4 Å². The van der Waals surface area contributed by atoms with Gasteiger partial charge in [0.15, 0.2) is 9.84 Å². The summed E-state index contributed by atoms with van der Waals surface area (Å²) in [5.41, 5.74) is 2.14. The summed E-state index contributed by atoms with van der Waals surface area (Å²) in [6, 6.07) is 0. The minimum atomic E-state index is -3.07. The van der Waals surface area contributed by atoms with Gasteiger partial charge in [0.1, 0.15) is 17.4 Å². The van der Waals surface area contributed by atoms with Crippen LogP contribution in [0.3, 0.4) is 0 Å². The number of fused-ring (bicyclic) bond motifs is 1.